The number of benzene rings is 1. The van der Waals surface area contributed by atoms with Gasteiger partial charge in [-0.15, -0.1) is 22.7 Å². The van der Waals surface area contributed by atoms with Crippen molar-refractivity contribution in [3.8, 4) is 10.4 Å². The first-order valence-electron chi connectivity index (χ1n) is 6.52. The Bertz CT molecular complexity index is 871. The molecule has 0 spiro atoms. The van der Waals surface area contributed by atoms with Gasteiger partial charge in [-0.2, -0.15) is 0 Å². The van der Waals surface area contributed by atoms with Gasteiger partial charge >= 0.3 is 5.97 Å². The Balaban J connectivity index is 2.01. The molecule has 7 heteroatoms. The Kier molecular flexibility index (Phi) is 4.61. The van der Waals surface area contributed by atoms with Gasteiger partial charge in [0.05, 0.1) is 15.4 Å². The first-order valence-corrected chi connectivity index (χ1v) is 9.07. The Hall–Kier alpha value is -1.96. The van der Waals surface area contributed by atoms with Gasteiger partial charge in [0.15, 0.2) is 0 Å². The Morgan fingerprint density at radius 1 is 1.09 bits per heavy atom. The van der Waals surface area contributed by atoms with Crippen LogP contribution in [0.2, 0.25) is 0 Å². The highest BCUT2D eigenvalue weighted by Gasteiger charge is 2.22. The van der Waals surface area contributed by atoms with Crippen molar-refractivity contribution in [3.63, 3.8) is 0 Å². The van der Waals surface area contributed by atoms with E-state index in [-0.39, 0.29) is 11.5 Å². The van der Waals surface area contributed by atoms with Crippen LogP contribution in [0, 0.1) is 0 Å². The van der Waals surface area contributed by atoms with Crippen molar-refractivity contribution in [2.24, 2.45) is 0 Å². The molecule has 116 valence electrons. The standard InChI is InChI=1S/C16H10BrNO3S2/c17-10-5-2-1-4-9(10)14-13(16(20)21)11(8-23-14)18-15(19)12-6-3-7-22-12/h1-8H,(H,18,19)(H,20,21). The van der Waals surface area contributed by atoms with Crippen molar-refractivity contribution >= 4 is 56.2 Å². The van der Waals surface area contributed by atoms with Crippen molar-refractivity contribution in [2.75, 3.05) is 5.32 Å². The second kappa shape index (κ2) is 6.66. The Labute approximate surface area is 148 Å². The first kappa shape index (κ1) is 15.9. The highest BCUT2D eigenvalue weighted by Crippen LogP contribution is 2.39. The molecule has 4 nitrogen and oxygen atoms in total. The molecule has 1 aromatic carbocycles. The molecule has 0 fully saturated rings. The average molecular weight is 408 g/mol. The van der Waals surface area contributed by atoms with Gasteiger partial charge in [-0.3, -0.25) is 4.79 Å². The largest absolute Gasteiger partial charge is 0.478 e. The zero-order valence-electron chi connectivity index (χ0n) is 11.6. The molecule has 0 aliphatic rings. The summed E-state index contributed by atoms with van der Waals surface area (Å²) in [4.78, 5) is 25.0. The van der Waals surface area contributed by atoms with Gasteiger partial charge < -0.3 is 10.4 Å². The molecule has 0 bridgehead atoms. The number of nitrogens with one attached hydrogen (secondary N) is 1. The molecule has 0 aliphatic heterocycles. The first-order chi connectivity index (χ1) is 11.1. The van der Waals surface area contributed by atoms with E-state index in [1.165, 1.54) is 22.7 Å². The molecule has 0 aliphatic carbocycles. The van der Waals surface area contributed by atoms with Crippen LogP contribution in [0.3, 0.4) is 0 Å². The van der Waals surface area contributed by atoms with Crippen molar-refractivity contribution in [1.29, 1.82) is 0 Å². The van der Waals surface area contributed by atoms with Gasteiger partial charge in [0.2, 0.25) is 0 Å². The van der Waals surface area contributed by atoms with Gasteiger partial charge in [0.1, 0.15) is 5.56 Å². The smallest absolute Gasteiger partial charge is 0.339 e. The second-order valence-electron chi connectivity index (χ2n) is 4.57. The number of carboxylic acid groups (broad SMARTS) is 1. The summed E-state index contributed by atoms with van der Waals surface area (Å²) < 4.78 is 0.806. The number of carboxylic acids is 1. The molecule has 0 atom stereocenters. The molecule has 0 unspecified atom stereocenters. The fraction of sp³-hybridized carbons (Fsp3) is 0. The number of aromatic carboxylic acids is 1. The Morgan fingerprint density at radius 3 is 2.52 bits per heavy atom. The summed E-state index contributed by atoms with van der Waals surface area (Å²) in [5, 5.41) is 15.7. The van der Waals surface area contributed by atoms with Crippen LogP contribution in [0.15, 0.2) is 51.6 Å². The van der Waals surface area contributed by atoms with Crippen molar-refractivity contribution in [3.05, 3.63) is 62.1 Å². The second-order valence-corrected chi connectivity index (χ2v) is 7.25. The molecule has 23 heavy (non-hydrogen) atoms. The number of hydrogen-bond donors (Lipinski definition) is 2. The van der Waals surface area contributed by atoms with Crippen LogP contribution in [-0.4, -0.2) is 17.0 Å². The summed E-state index contributed by atoms with van der Waals surface area (Å²) >= 11 is 6.03. The number of anilines is 1. The third kappa shape index (κ3) is 3.21. The fourth-order valence-corrected chi connectivity index (χ4v) is 4.36. The van der Waals surface area contributed by atoms with E-state index in [2.05, 4.69) is 21.2 Å². The number of carbonyl (C=O) groups is 2. The molecule has 2 aromatic heterocycles. The zero-order chi connectivity index (χ0) is 16.4. The SMILES string of the molecule is O=C(Nc1csc(-c2ccccc2Br)c1C(=O)O)c1cccs1. The summed E-state index contributed by atoms with van der Waals surface area (Å²) in [6.07, 6.45) is 0. The Morgan fingerprint density at radius 2 is 1.87 bits per heavy atom. The number of carbonyl (C=O) groups excluding carboxylic acids is 1. The maximum Gasteiger partial charge on any atom is 0.339 e. The molecule has 0 radical (unpaired) electrons. The van der Waals surface area contributed by atoms with E-state index in [0.717, 1.165) is 10.0 Å². The van der Waals surface area contributed by atoms with E-state index in [4.69, 9.17) is 0 Å². The van der Waals surface area contributed by atoms with E-state index >= 15 is 0 Å². The lowest BCUT2D eigenvalue weighted by Gasteiger charge is -2.06. The predicted molar refractivity (Wildman–Crippen MR) is 96.7 cm³/mol. The van der Waals surface area contributed by atoms with Crippen LogP contribution in [0.25, 0.3) is 10.4 Å². The number of thiophene rings is 2. The molecule has 0 saturated heterocycles. The average Bonchev–Trinajstić information content (AvgIpc) is 3.17. The fourth-order valence-electron chi connectivity index (χ4n) is 2.10. The monoisotopic (exact) mass is 407 g/mol. The maximum absolute atomic E-state index is 12.2. The van der Waals surface area contributed by atoms with Crippen molar-refractivity contribution in [2.45, 2.75) is 0 Å². The number of amides is 1. The summed E-state index contributed by atoms with van der Waals surface area (Å²) in [7, 11) is 0. The minimum atomic E-state index is -1.07. The lowest BCUT2D eigenvalue weighted by molar-refractivity contribution is 0.0699. The lowest BCUT2D eigenvalue weighted by atomic mass is 10.1. The summed E-state index contributed by atoms with van der Waals surface area (Å²) in [5.41, 5.74) is 1.20. The maximum atomic E-state index is 12.2. The van der Waals surface area contributed by atoms with Gasteiger partial charge in [-0.05, 0) is 17.5 Å². The van der Waals surface area contributed by atoms with Crippen molar-refractivity contribution < 1.29 is 14.7 Å². The predicted octanol–water partition coefficient (Wildman–Crippen LogP) is 5.19. The minimum absolute atomic E-state index is 0.104. The van der Waals surface area contributed by atoms with Crippen LogP contribution in [0.5, 0.6) is 0 Å². The van der Waals surface area contributed by atoms with E-state index in [1.807, 2.05) is 24.3 Å². The molecule has 0 saturated carbocycles. The lowest BCUT2D eigenvalue weighted by Crippen LogP contribution is -2.12. The highest BCUT2D eigenvalue weighted by atomic mass is 79.9. The normalized spacial score (nSPS) is 10.5. The third-order valence-electron chi connectivity index (χ3n) is 3.12. The highest BCUT2D eigenvalue weighted by molar-refractivity contribution is 9.10. The van der Waals surface area contributed by atoms with Crippen molar-refractivity contribution in [1.82, 2.24) is 0 Å². The molecule has 3 aromatic rings. The summed E-state index contributed by atoms with van der Waals surface area (Å²) in [5.74, 6) is -1.38. The molecule has 3 rings (SSSR count). The topological polar surface area (TPSA) is 66.4 Å². The molecular weight excluding hydrogens is 398 g/mol. The van der Waals surface area contributed by atoms with Gasteiger partial charge in [-0.1, -0.05) is 40.2 Å². The van der Waals surface area contributed by atoms with E-state index < -0.39 is 5.97 Å². The van der Waals surface area contributed by atoms with Crippen LogP contribution >= 0.6 is 38.6 Å². The third-order valence-corrected chi connectivity index (χ3v) is 5.69. The van der Waals surface area contributed by atoms with Crippen LogP contribution in [0.4, 0.5) is 5.69 Å². The van der Waals surface area contributed by atoms with E-state index in [9.17, 15) is 14.7 Å². The van der Waals surface area contributed by atoms with Crippen LogP contribution in [-0.2, 0) is 0 Å². The minimum Gasteiger partial charge on any atom is -0.478 e. The summed E-state index contributed by atoms with van der Waals surface area (Å²) in [6, 6.07) is 10.9. The van der Waals surface area contributed by atoms with Gasteiger partial charge in [-0.25, -0.2) is 4.79 Å². The van der Waals surface area contributed by atoms with E-state index in [0.29, 0.717) is 15.4 Å². The molecule has 2 N–H and O–H groups in total. The quantitative estimate of drug-likeness (QED) is 0.625. The summed E-state index contributed by atoms with van der Waals surface area (Å²) in [6.45, 7) is 0. The molecule has 1 amide bonds. The number of halogens is 1. The number of hydrogen-bond acceptors (Lipinski definition) is 4. The van der Waals surface area contributed by atoms with E-state index in [1.54, 1.807) is 22.9 Å². The van der Waals surface area contributed by atoms with Gasteiger partial charge in [0.25, 0.3) is 5.91 Å². The van der Waals surface area contributed by atoms with Gasteiger partial charge in [0, 0.05) is 15.4 Å². The zero-order valence-corrected chi connectivity index (χ0v) is 14.8. The molecule has 2 heterocycles. The molecular formula is C16H10BrNO3S2. The van der Waals surface area contributed by atoms with Crippen LogP contribution < -0.4 is 5.32 Å². The number of rotatable bonds is 4. The van der Waals surface area contributed by atoms with Crippen LogP contribution in [0.1, 0.15) is 20.0 Å².